The lowest BCUT2D eigenvalue weighted by atomic mass is 9.80. The van der Waals surface area contributed by atoms with Crippen LogP contribution in [0.15, 0.2) is 23.8 Å². The Morgan fingerprint density at radius 3 is 2.61 bits per heavy atom. The fourth-order valence-corrected chi connectivity index (χ4v) is 4.20. The Balaban J connectivity index is 0.000000366. The van der Waals surface area contributed by atoms with Crippen LogP contribution in [0.5, 0.6) is 0 Å². The van der Waals surface area contributed by atoms with E-state index in [2.05, 4.69) is 25.2 Å². The third kappa shape index (κ3) is 7.45. The van der Waals surface area contributed by atoms with E-state index in [9.17, 15) is 14.4 Å². The second-order valence-electron chi connectivity index (χ2n) is 8.51. The Hall–Kier alpha value is -2.23. The summed E-state index contributed by atoms with van der Waals surface area (Å²) in [5.74, 6) is -2.38. The summed E-state index contributed by atoms with van der Waals surface area (Å²) in [7, 11) is 0. The molecule has 0 radical (unpaired) electrons. The molecule has 2 heterocycles. The SMILES string of the molecule is C/C1=C\CC[C@@]2(C)O[C@H]2[C@H]2OC(=O)[C@@H](CNCCCN)[C@@H]2CC1.O=C(O)/C=C/C(=O)O. The number of carboxylic acids is 2. The van der Waals surface area contributed by atoms with Crippen molar-refractivity contribution in [3.63, 3.8) is 0 Å². The van der Waals surface area contributed by atoms with Crippen LogP contribution in [-0.4, -0.2) is 65.6 Å². The molecular formula is C22H34N2O7. The standard InChI is InChI=1S/C18H30N2O3.C4H4O4/c1-12-5-3-8-18(2)16(23-18)15-13(7-6-12)14(17(21)22-15)11-20-10-4-9-19;5-3(6)1-2-4(7)8/h5,13-16,20H,3-4,6-11,19H2,1-2H3;1-2H,(H,5,6)(H,7,8)/b12-5+;2-1+/t13-,14-,15-,16-,18+;/m0./s1. The van der Waals surface area contributed by atoms with E-state index in [-0.39, 0.29) is 35.6 Å². The highest BCUT2D eigenvalue weighted by molar-refractivity contribution is 5.89. The Morgan fingerprint density at radius 2 is 2.00 bits per heavy atom. The van der Waals surface area contributed by atoms with Gasteiger partial charge in [0.05, 0.1) is 11.5 Å². The summed E-state index contributed by atoms with van der Waals surface area (Å²) in [6, 6.07) is 0. The van der Waals surface area contributed by atoms with Crippen molar-refractivity contribution in [2.24, 2.45) is 17.6 Å². The molecule has 0 saturated carbocycles. The molecule has 0 aromatic carbocycles. The number of carbonyl (C=O) groups is 3. The number of rotatable bonds is 7. The molecule has 2 aliphatic heterocycles. The molecule has 0 spiro atoms. The van der Waals surface area contributed by atoms with E-state index in [1.807, 2.05) is 0 Å². The Morgan fingerprint density at radius 1 is 1.32 bits per heavy atom. The minimum Gasteiger partial charge on any atom is -0.478 e. The van der Waals surface area contributed by atoms with Crippen molar-refractivity contribution in [2.45, 2.75) is 63.8 Å². The molecule has 0 aromatic heterocycles. The predicted molar refractivity (Wildman–Crippen MR) is 113 cm³/mol. The molecule has 31 heavy (non-hydrogen) atoms. The number of esters is 1. The van der Waals surface area contributed by atoms with Gasteiger partial charge in [0, 0.05) is 24.6 Å². The first-order valence-electron chi connectivity index (χ1n) is 10.8. The summed E-state index contributed by atoms with van der Waals surface area (Å²) < 4.78 is 11.8. The molecular weight excluding hydrogens is 404 g/mol. The average Bonchev–Trinajstić information content (AvgIpc) is 3.27. The highest BCUT2D eigenvalue weighted by atomic mass is 16.6. The van der Waals surface area contributed by atoms with Gasteiger partial charge < -0.3 is 30.7 Å². The number of carbonyl (C=O) groups excluding carboxylic acids is 1. The largest absolute Gasteiger partial charge is 0.478 e. The topological polar surface area (TPSA) is 151 Å². The number of nitrogens with one attached hydrogen (secondary N) is 1. The van der Waals surface area contributed by atoms with Gasteiger partial charge in [-0.2, -0.15) is 0 Å². The van der Waals surface area contributed by atoms with Crippen molar-refractivity contribution in [1.29, 1.82) is 0 Å². The van der Waals surface area contributed by atoms with E-state index < -0.39 is 11.9 Å². The van der Waals surface area contributed by atoms with Gasteiger partial charge in [-0.25, -0.2) is 9.59 Å². The molecule has 174 valence electrons. The van der Waals surface area contributed by atoms with Gasteiger partial charge in [-0.1, -0.05) is 11.6 Å². The molecule has 9 heteroatoms. The molecule has 3 rings (SSSR count). The summed E-state index contributed by atoms with van der Waals surface area (Å²) in [6.07, 6.45) is 8.49. The second kappa shape index (κ2) is 11.4. The number of hydrogen-bond donors (Lipinski definition) is 4. The van der Waals surface area contributed by atoms with Gasteiger partial charge in [0.1, 0.15) is 12.2 Å². The fourth-order valence-electron chi connectivity index (χ4n) is 4.20. The number of nitrogens with two attached hydrogens (primary N) is 1. The molecule has 0 aromatic rings. The Labute approximate surface area is 182 Å². The van der Waals surface area contributed by atoms with Crippen LogP contribution in [0.4, 0.5) is 0 Å². The summed E-state index contributed by atoms with van der Waals surface area (Å²) in [5, 5.41) is 19.0. The smallest absolute Gasteiger partial charge is 0.328 e. The third-order valence-corrected chi connectivity index (χ3v) is 6.03. The van der Waals surface area contributed by atoms with Crippen LogP contribution < -0.4 is 11.1 Å². The molecule has 2 saturated heterocycles. The lowest BCUT2D eigenvalue weighted by molar-refractivity contribution is -0.144. The van der Waals surface area contributed by atoms with E-state index in [4.69, 9.17) is 25.4 Å². The van der Waals surface area contributed by atoms with E-state index in [1.165, 1.54) is 5.57 Å². The monoisotopic (exact) mass is 438 g/mol. The van der Waals surface area contributed by atoms with Crippen molar-refractivity contribution in [3.05, 3.63) is 23.8 Å². The third-order valence-electron chi connectivity index (χ3n) is 6.03. The van der Waals surface area contributed by atoms with Gasteiger partial charge in [0.15, 0.2) is 0 Å². The van der Waals surface area contributed by atoms with Crippen LogP contribution in [0.2, 0.25) is 0 Å². The number of epoxide rings is 1. The minimum atomic E-state index is -1.26. The number of allylic oxidation sites excluding steroid dienone is 2. The highest BCUT2D eigenvalue weighted by Crippen LogP contribution is 2.50. The molecule has 0 amide bonds. The number of aliphatic carboxylic acids is 2. The van der Waals surface area contributed by atoms with Crippen LogP contribution in [0.25, 0.3) is 0 Å². The summed E-state index contributed by atoms with van der Waals surface area (Å²) in [5.41, 5.74) is 6.83. The van der Waals surface area contributed by atoms with Crippen LogP contribution in [0.3, 0.4) is 0 Å². The van der Waals surface area contributed by atoms with E-state index >= 15 is 0 Å². The summed E-state index contributed by atoms with van der Waals surface area (Å²) >= 11 is 0. The molecule has 9 nitrogen and oxygen atoms in total. The van der Waals surface area contributed by atoms with Gasteiger partial charge in [0.2, 0.25) is 0 Å². The number of ether oxygens (including phenoxy) is 2. The van der Waals surface area contributed by atoms with E-state index in [1.54, 1.807) is 0 Å². The lowest BCUT2D eigenvalue weighted by Crippen LogP contribution is -2.34. The van der Waals surface area contributed by atoms with Crippen molar-refractivity contribution >= 4 is 17.9 Å². The molecule has 5 atom stereocenters. The molecule has 0 unspecified atom stereocenters. The Kier molecular flexibility index (Phi) is 9.21. The summed E-state index contributed by atoms with van der Waals surface area (Å²) in [4.78, 5) is 31.5. The van der Waals surface area contributed by atoms with E-state index in [0.717, 1.165) is 38.6 Å². The van der Waals surface area contributed by atoms with Crippen LogP contribution in [0, 0.1) is 11.8 Å². The second-order valence-corrected chi connectivity index (χ2v) is 8.51. The van der Waals surface area contributed by atoms with Gasteiger partial charge >= 0.3 is 17.9 Å². The Bertz CT molecular complexity index is 705. The normalized spacial score (nSPS) is 33.8. The van der Waals surface area contributed by atoms with Crippen molar-refractivity contribution in [2.75, 3.05) is 19.6 Å². The van der Waals surface area contributed by atoms with Gasteiger partial charge in [-0.15, -0.1) is 0 Å². The molecule has 2 fully saturated rings. The zero-order valence-corrected chi connectivity index (χ0v) is 18.2. The van der Waals surface area contributed by atoms with Gasteiger partial charge in [-0.3, -0.25) is 4.79 Å². The van der Waals surface area contributed by atoms with Crippen LogP contribution in [0.1, 0.15) is 46.0 Å². The highest BCUT2D eigenvalue weighted by Gasteiger charge is 2.62. The van der Waals surface area contributed by atoms with E-state index in [0.29, 0.717) is 25.2 Å². The van der Waals surface area contributed by atoms with Crippen LogP contribution >= 0.6 is 0 Å². The first-order chi connectivity index (χ1) is 14.7. The minimum absolute atomic E-state index is 0.0565. The fraction of sp³-hybridized carbons (Fsp3) is 0.682. The zero-order valence-electron chi connectivity index (χ0n) is 18.2. The van der Waals surface area contributed by atoms with Crippen LogP contribution in [-0.2, 0) is 23.9 Å². The lowest BCUT2D eigenvalue weighted by Gasteiger charge is -2.22. The maximum atomic E-state index is 12.4. The molecule has 1 aliphatic carbocycles. The van der Waals surface area contributed by atoms with Crippen molar-refractivity contribution < 1.29 is 34.1 Å². The molecule has 3 aliphatic rings. The first kappa shape index (κ1) is 25.0. The van der Waals surface area contributed by atoms with Gasteiger partial charge in [-0.05, 0) is 59.0 Å². The maximum absolute atomic E-state index is 12.4. The molecule has 0 bridgehead atoms. The quantitative estimate of drug-likeness (QED) is 0.152. The van der Waals surface area contributed by atoms with Crippen molar-refractivity contribution in [1.82, 2.24) is 5.32 Å². The van der Waals surface area contributed by atoms with Gasteiger partial charge in [0.25, 0.3) is 0 Å². The molecule has 5 N–H and O–H groups in total. The predicted octanol–water partition coefficient (Wildman–Crippen LogP) is 1.47. The number of carboxylic acid groups (broad SMARTS) is 2. The maximum Gasteiger partial charge on any atom is 0.328 e. The summed E-state index contributed by atoms with van der Waals surface area (Å²) in [6.45, 7) is 6.56. The average molecular weight is 439 g/mol. The first-order valence-corrected chi connectivity index (χ1v) is 10.8. The van der Waals surface area contributed by atoms with Crippen molar-refractivity contribution in [3.8, 4) is 0 Å². The number of hydrogen-bond acceptors (Lipinski definition) is 7. The number of fused-ring (bicyclic) bond motifs is 3. The zero-order chi connectivity index (χ0) is 23.0.